The highest BCUT2D eigenvalue weighted by Gasteiger charge is 2.37. The van der Waals surface area contributed by atoms with E-state index in [1.807, 2.05) is 12.1 Å². The van der Waals surface area contributed by atoms with E-state index < -0.39 is 0 Å². The van der Waals surface area contributed by atoms with Crippen molar-refractivity contribution in [3.05, 3.63) is 34.0 Å². The van der Waals surface area contributed by atoms with E-state index in [4.69, 9.17) is 27.7 Å². The Morgan fingerprint density at radius 3 is 1.10 bits per heavy atom. The van der Waals surface area contributed by atoms with Gasteiger partial charge in [-0.05, 0) is 113 Å². The molecule has 6 atom stereocenters. The lowest BCUT2D eigenvalue weighted by Gasteiger charge is -2.33. The van der Waals surface area contributed by atoms with Crippen LogP contribution in [0, 0.1) is 23.7 Å². The van der Waals surface area contributed by atoms with Crippen molar-refractivity contribution < 1.29 is 38.1 Å². The molecule has 6 unspecified atom stereocenters. The summed E-state index contributed by atoms with van der Waals surface area (Å²) in [5, 5.41) is 0. The molecule has 0 saturated heterocycles. The molecule has 0 bridgehead atoms. The predicted octanol–water partition coefficient (Wildman–Crippen LogP) is 24.0. The number of unbranched alkanes of at least 4 members (excludes halogenated alkanes) is 24. The third-order valence-corrected chi connectivity index (χ3v) is 24.1. The molecule has 0 N–H and O–H groups in total. The Morgan fingerprint density at radius 2 is 0.775 bits per heavy atom. The first-order chi connectivity index (χ1) is 43.7. The van der Waals surface area contributed by atoms with Crippen LogP contribution < -0.4 is 9.47 Å². The van der Waals surface area contributed by atoms with Gasteiger partial charge in [-0.2, -0.15) is 8.75 Å². The molecule has 5 heterocycles. The number of aromatic nitrogens is 2. The van der Waals surface area contributed by atoms with Crippen molar-refractivity contribution in [1.82, 2.24) is 8.75 Å². The Bertz CT molecular complexity index is 2760. The van der Waals surface area contributed by atoms with E-state index >= 15 is 0 Å². The lowest BCUT2D eigenvalue weighted by Crippen LogP contribution is -2.33. The minimum absolute atomic E-state index is 0.112. The lowest BCUT2D eigenvalue weighted by atomic mass is 9.86. The molecule has 1 aromatic carbocycles. The number of hydrogen-bond acceptors (Lipinski definition) is 15. The van der Waals surface area contributed by atoms with Crippen molar-refractivity contribution in [1.29, 1.82) is 0 Å². The van der Waals surface area contributed by atoms with Crippen molar-refractivity contribution in [2.75, 3.05) is 13.2 Å². The predicted molar refractivity (Wildman–Crippen MR) is 378 cm³/mol. The molecular weight excluding hydrogens is 1210 g/mol. The Morgan fingerprint density at radius 1 is 0.449 bits per heavy atom. The fourth-order valence-corrected chi connectivity index (χ4v) is 18.9. The molecule has 0 radical (unpaired) electrons. The van der Waals surface area contributed by atoms with Gasteiger partial charge in [0.15, 0.2) is 24.1 Å². The quantitative estimate of drug-likeness (QED) is 0.0207. The molecule has 6 aromatic rings. The van der Waals surface area contributed by atoms with Crippen LogP contribution in [-0.2, 0) is 19.1 Å². The van der Waals surface area contributed by atoms with Crippen LogP contribution in [0.1, 0.15) is 304 Å². The minimum atomic E-state index is -0.329. The summed E-state index contributed by atoms with van der Waals surface area (Å²) in [6, 6.07) is 8.19. The Hall–Kier alpha value is -3.76. The highest BCUT2D eigenvalue weighted by atomic mass is 32.1. The van der Waals surface area contributed by atoms with Crippen LogP contribution in [0.25, 0.3) is 50.7 Å². The van der Waals surface area contributed by atoms with Gasteiger partial charge in [-0.3, -0.25) is 19.2 Å². The zero-order valence-corrected chi connectivity index (χ0v) is 58.9. The van der Waals surface area contributed by atoms with Gasteiger partial charge in [0, 0.05) is 28.6 Å². The van der Waals surface area contributed by atoms with Crippen LogP contribution in [0.5, 0.6) is 11.5 Å². The van der Waals surface area contributed by atoms with Gasteiger partial charge in [-0.25, -0.2) is 0 Å². The summed E-state index contributed by atoms with van der Waals surface area (Å²) in [6.07, 6.45) is 47.0. The number of aldehydes is 2. The first-order valence-corrected chi connectivity index (χ1v) is 39.7. The van der Waals surface area contributed by atoms with E-state index in [1.165, 1.54) is 202 Å². The highest BCUT2D eigenvalue weighted by Crippen LogP contribution is 2.56. The summed E-state index contributed by atoms with van der Waals surface area (Å²) in [5.41, 5.74) is 2.99. The van der Waals surface area contributed by atoms with Crippen LogP contribution in [0.3, 0.4) is 0 Å². The van der Waals surface area contributed by atoms with Crippen molar-refractivity contribution in [2.45, 2.75) is 297 Å². The maximum Gasteiger partial charge on any atom is 0.309 e. The number of esters is 2. The second-order valence-electron chi connectivity index (χ2n) is 26.4. The minimum Gasteiger partial charge on any atom is -0.486 e. The largest absolute Gasteiger partial charge is 0.486 e. The van der Waals surface area contributed by atoms with E-state index in [1.54, 1.807) is 22.7 Å². The highest BCUT2D eigenvalue weighted by molar-refractivity contribution is 7.31. The molecule has 10 nitrogen and oxygen atoms in total. The average Bonchev–Trinajstić information content (AvgIpc) is 1.93. The fraction of sp³-hybridized carbons (Fsp3) is 0.703. The summed E-state index contributed by atoms with van der Waals surface area (Å²) < 4.78 is 42.1. The normalized spacial score (nSPS) is 17.8. The monoisotopic (exact) mass is 1310 g/mol. The van der Waals surface area contributed by atoms with Crippen molar-refractivity contribution in [3.8, 4) is 32.4 Å². The summed E-state index contributed by atoms with van der Waals surface area (Å²) >= 11 is 7.31. The zero-order chi connectivity index (χ0) is 62.4. The van der Waals surface area contributed by atoms with Crippen LogP contribution in [0.4, 0.5) is 0 Å². The topological polar surface area (TPSA) is 131 Å². The Balaban J connectivity index is 1.05. The number of carbonyl (C=O) groups excluding carboxylic acids is 4. The first-order valence-electron chi connectivity index (χ1n) is 35.7. The zero-order valence-electron chi connectivity index (χ0n) is 54.8. The smallest absolute Gasteiger partial charge is 0.309 e. The van der Waals surface area contributed by atoms with Crippen LogP contribution in [0.15, 0.2) is 24.3 Å². The number of carbonyl (C=O) groups is 4. The molecule has 2 saturated carbocycles. The number of benzene rings is 1. The summed E-state index contributed by atoms with van der Waals surface area (Å²) in [7, 11) is 0. The molecule has 0 spiro atoms. The number of ether oxygens (including phenoxy) is 4. The number of nitrogens with zero attached hydrogens (tertiary/aromatic N) is 2. The number of hydrogen-bond donors (Lipinski definition) is 0. The molecule has 2 aliphatic rings. The van der Waals surface area contributed by atoms with Gasteiger partial charge >= 0.3 is 11.9 Å². The number of thiophene rings is 4. The van der Waals surface area contributed by atoms with E-state index in [9.17, 15) is 19.2 Å². The Labute approximate surface area is 554 Å². The van der Waals surface area contributed by atoms with E-state index in [0.29, 0.717) is 70.2 Å². The van der Waals surface area contributed by atoms with E-state index in [2.05, 4.69) is 39.8 Å². The Kier molecular flexibility index (Phi) is 31.7. The third kappa shape index (κ3) is 22.2. The van der Waals surface area contributed by atoms with E-state index in [-0.39, 0.29) is 36.0 Å². The van der Waals surface area contributed by atoms with Gasteiger partial charge in [-0.15, -0.1) is 45.3 Å². The van der Waals surface area contributed by atoms with Crippen molar-refractivity contribution in [2.24, 2.45) is 23.7 Å². The maximum absolute atomic E-state index is 14.4. The number of fused-ring (bicyclic) bond motifs is 3. The number of rotatable bonds is 46. The SMILES string of the molecule is CCCCCCCCCCC(CCCCCCCC)COC(=O)C1CCCC(Oc2c(OC3CCCC(C(=O)OCC(CCCCCCCC)CCCCCCCCCC)C3)c(-c3cc4sc(C=O)cc4s3)c3nsnc3c2-c2cc3sc(C=O)cc3s2)C1. The summed E-state index contributed by atoms with van der Waals surface area (Å²) in [6.45, 7) is 10.1. The maximum atomic E-state index is 14.4. The van der Waals surface area contributed by atoms with Crippen molar-refractivity contribution >= 4 is 111 Å². The molecule has 89 heavy (non-hydrogen) atoms. The molecule has 8 rings (SSSR count). The summed E-state index contributed by atoms with van der Waals surface area (Å²) in [4.78, 5) is 56.2. The second-order valence-corrected chi connectivity index (χ2v) is 31.3. The first kappa shape index (κ1) is 71.1. The van der Waals surface area contributed by atoms with Gasteiger partial charge in [0.2, 0.25) is 0 Å². The van der Waals surface area contributed by atoms with Crippen molar-refractivity contribution in [3.63, 3.8) is 0 Å². The fourth-order valence-electron chi connectivity index (χ4n) is 13.8. The molecule has 2 fully saturated rings. The van der Waals surface area contributed by atoms with Gasteiger partial charge in [0.05, 0.1) is 69.9 Å². The van der Waals surface area contributed by atoms with Crippen LogP contribution in [0.2, 0.25) is 0 Å². The standard InChI is InChI=1S/C74H108N2O8S5/c1-5-9-13-17-21-23-27-31-37-53(35-29-25-19-15-11-7-3)51-81-73(79)55-39-33-41-57(43-55)83-71-67(65-47-63-61(87-65)45-59(49-77)85-63)69-70(76-89-75-69)68(66-48-64-62(88-66)46-60(50-78)86-64)72(71)84-58-42-34-40-56(44-58)74(80)82-52-54(36-30-26-20-16-12-8-4)38-32-28-24-22-18-14-10-6-2/h45-50,53-58H,5-44,51-52H2,1-4H3. The molecule has 0 aliphatic heterocycles. The molecule has 2 aliphatic carbocycles. The molecule has 5 aromatic heterocycles. The third-order valence-electron chi connectivity index (χ3n) is 19.1. The van der Waals surface area contributed by atoms with Gasteiger partial charge in [0.25, 0.3) is 0 Å². The lowest BCUT2D eigenvalue weighted by molar-refractivity contribution is -0.153. The van der Waals surface area contributed by atoms with Gasteiger partial charge in [0.1, 0.15) is 11.0 Å². The van der Waals surface area contributed by atoms with Gasteiger partial charge < -0.3 is 18.9 Å². The second kappa shape index (κ2) is 39.7. The molecule has 15 heteroatoms. The van der Waals surface area contributed by atoms with Gasteiger partial charge in [-0.1, -0.05) is 207 Å². The average molecular weight is 1310 g/mol. The van der Waals surface area contributed by atoms with E-state index in [0.717, 1.165) is 128 Å². The summed E-state index contributed by atoms with van der Waals surface area (Å²) in [5.74, 6) is 1.06. The van der Waals surface area contributed by atoms with Crippen LogP contribution >= 0.6 is 57.1 Å². The molecular formula is C74H108N2O8S5. The molecule has 0 amide bonds. The molecule has 492 valence electrons. The van der Waals surface area contributed by atoms with Crippen LogP contribution in [-0.4, -0.2) is 58.7 Å².